The van der Waals surface area contributed by atoms with Gasteiger partial charge in [0.15, 0.2) is 11.5 Å². The number of halogens is 1. The van der Waals surface area contributed by atoms with Crippen LogP contribution >= 0.6 is 11.6 Å². The van der Waals surface area contributed by atoms with Crippen LogP contribution in [0.5, 0.6) is 11.5 Å². The van der Waals surface area contributed by atoms with Gasteiger partial charge in [0.2, 0.25) is 0 Å². The van der Waals surface area contributed by atoms with E-state index in [-0.39, 0.29) is 5.75 Å². The molecule has 3 nitrogen and oxygen atoms in total. The molecule has 0 saturated carbocycles. The van der Waals surface area contributed by atoms with E-state index in [9.17, 15) is 5.11 Å². The maximum absolute atomic E-state index is 10.5. The van der Waals surface area contributed by atoms with Crippen LogP contribution in [0.25, 0.3) is 6.08 Å². The quantitative estimate of drug-likeness (QED) is 0.814. The van der Waals surface area contributed by atoms with Crippen molar-refractivity contribution in [2.24, 2.45) is 4.99 Å². The van der Waals surface area contributed by atoms with Gasteiger partial charge >= 0.3 is 0 Å². The van der Waals surface area contributed by atoms with Crippen molar-refractivity contribution in [3.8, 4) is 11.5 Å². The fourth-order valence-corrected chi connectivity index (χ4v) is 3.42. The Morgan fingerprint density at radius 3 is 2.80 bits per heavy atom. The minimum atomic E-state index is 0.263. The topological polar surface area (TPSA) is 41.8 Å². The molecule has 2 aromatic rings. The van der Waals surface area contributed by atoms with Gasteiger partial charge in [0, 0.05) is 22.7 Å². The number of fused-ring (bicyclic) bond motifs is 1. The van der Waals surface area contributed by atoms with Gasteiger partial charge in [0.25, 0.3) is 0 Å². The minimum Gasteiger partial charge on any atom is -0.504 e. The largest absolute Gasteiger partial charge is 0.504 e. The smallest absolute Gasteiger partial charge is 0.161 e. The predicted octanol–water partition coefficient (Wildman–Crippen LogP) is 5.07. The summed E-state index contributed by atoms with van der Waals surface area (Å²) in [4.78, 5) is 4.67. The lowest BCUT2D eigenvalue weighted by molar-refractivity contribution is 0.369. The number of hydrogen-bond donors (Lipinski definition) is 1. The van der Waals surface area contributed by atoms with Crippen LogP contribution in [0.3, 0.4) is 0 Å². The maximum atomic E-state index is 10.5. The zero-order chi connectivity index (χ0) is 17.8. The number of aliphatic imine (C=N–C) groups is 1. The Bertz CT molecular complexity index is 840. The summed E-state index contributed by atoms with van der Waals surface area (Å²) in [7, 11) is 1.58. The molecule has 0 fully saturated rings. The molecule has 0 spiro atoms. The van der Waals surface area contributed by atoms with E-state index >= 15 is 0 Å². The molecule has 130 valence electrons. The van der Waals surface area contributed by atoms with Gasteiger partial charge in [-0.05, 0) is 42.2 Å². The first-order valence-corrected chi connectivity index (χ1v) is 8.92. The van der Waals surface area contributed by atoms with Crippen molar-refractivity contribution in [1.82, 2.24) is 0 Å². The molecule has 1 N–H and O–H groups in total. The Morgan fingerprint density at radius 2 is 2.08 bits per heavy atom. The molecular formula is C21H22ClNO2. The van der Waals surface area contributed by atoms with Crippen molar-refractivity contribution in [3.05, 3.63) is 63.7 Å². The van der Waals surface area contributed by atoms with Gasteiger partial charge < -0.3 is 9.84 Å². The second-order valence-electron chi connectivity index (χ2n) is 6.05. The number of phenolic OH excluding ortho intramolecular Hbond substituents is 1. The molecule has 0 atom stereocenters. The van der Waals surface area contributed by atoms with Crippen LogP contribution in [0, 0.1) is 0 Å². The van der Waals surface area contributed by atoms with Crippen molar-refractivity contribution in [1.29, 1.82) is 0 Å². The second-order valence-corrected chi connectivity index (χ2v) is 6.46. The average Bonchev–Trinajstić information content (AvgIpc) is 2.63. The maximum Gasteiger partial charge on any atom is 0.161 e. The summed E-state index contributed by atoms with van der Waals surface area (Å²) in [5.41, 5.74) is 5.05. The van der Waals surface area contributed by atoms with Crippen molar-refractivity contribution < 1.29 is 9.84 Å². The number of phenols is 1. The molecule has 0 amide bonds. The molecule has 0 unspecified atom stereocenters. The first-order chi connectivity index (χ1) is 12.2. The zero-order valence-corrected chi connectivity index (χ0v) is 15.3. The lowest BCUT2D eigenvalue weighted by atomic mass is 9.89. The van der Waals surface area contributed by atoms with E-state index in [0.717, 1.165) is 48.2 Å². The highest BCUT2D eigenvalue weighted by Gasteiger charge is 2.21. The average molecular weight is 356 g/mol. The molecule has 0 saturated heterocycles. The highest BCUT2D eigenvalue weighted by Crippen LogP contribution is 2.37. The number of ether oxygens (including phenoxy) is 1. The first kappa shape index (κ1) is 17.6. The zero-order valence-electron chi connectivity index (χ0n) is 14.6. The van der Waals surface area contributed by atoms with Crippen LogP contribution in [0.2, 0.25) is 5.02 Å². The van der Waals surface area contributed by atoms with Gasteiger partial charge in [-0.3, -0.25) is 4.99 Å². The van der Waals surface area contributed by atoms with Gasteiger partial charge in [0.05, 0.1) is 12.8 Å². The third kappa shape index (κ3) is 3.57. The van der Waals surface area contributed by atoms with E-state index in [4.69, 9.17) is 16.3 Å². The highest BCUT2D eigenvalue weighted by atomic mass is 35.5. The molecule has 0 bridgehead atoms. The summed E-state index contributed by atoms with van der Waals surface area (Å²) < 4.78 is 5.38. The first-order valence-electron chi connectivity index (χ1n) is 8.54. The van der Waals surface area contributed by atoms with Crippen LogP contribution in [0.1, 0.15) is 35.6 Å². The van der Waals surface area contributed by atoms with E-state index in [1.807, 2.05) is 42.5 Å². The number of hydrogen-bond acceptors (Lipinski definition) is 3. The van der Waals surface area contributed by atoms with Crippen molar-refractivity contribution >= 4 is 23.4 Å². The number of aromatic hydroxyl groups is 1. The number of methoxy groups -OCH3 is 1. The predicted molar refractivity (Wildman–Crippen MR) is 104 cm³/mol. The fraction of sp³-hybridized carbons (Fsp3) is 0.286. The van der Waals surface area contributed by atoms with E-state index in [1.165, 1.54) is 5.56 Å². The Balaban J connectivity index is 2.04. The third-order valence-corrected chi connectivity index (χ3v) is 4.79. The number of allylic oxidation sites excluding steroid dienone is 1. The normalized spacial score (nSPS) is 13.6. The summed E-state index contributed by atoms with van der Waals surface area (Å²) in [5.74, 6) is 0.766. The Kier molecular flexibility index (Phi) is 5.44. The molecule has 1 aliphatic rings. The molecule has 3 rings (SSSR count). The number of nitrogens with zero attached hydrogens (tertiary/aromatic N) is 1. The molecule has 25 heavy (non-hydrogen) atoms. The highest BCUT2D eigenvalue weighted by molar-refractivity contribution is 6.32. The molecule has 0 radical (unpaired) electrons. The van der Waals surface area contributed by atoms with Crippen molar-refractivity contribution in [2.45, 2.75) is 26.2 Å². The molecule has 2 aromatic carbocycles. The minimum absolute atomic E-state index is 0.263. The Morgan fingerprint density at radius 1 is 1.28 bits per heavy atom. The van der Waals surface area contributed by atoms with Crippen molar-refractivity contribution in [2.75, 3.05) is 13.7 Å². The summed E-state index contributed by atoms with van der Waals surface area (Å²) in [6.07, 6.45) is 6.61. The van der Waals surface area contributed by atoms with E-state index in [0.29, 0.717) is 10.8 Å². The summed E-state index contributed by atoms with van der Waals surface area (Å²) in [6, 6.07) is 9.61. The summed E-state index contributed by atoms with van der Waals surface area (Å²) in [5, 5.41) is 11.2. The fourth-order valence-electron chi connectivity index (χ4n) is 3.22. The van der Waals surface area contributed by atoms with Gasteiger partial charge in [-0.15, -0.1) is 0 Å². The summed E-state index contributed by atoms with van der Waals surface area (Å²) in [6.45, 7) is 2.83. The molecule has 1 heterocycles. The molecule has 1 aliphatic heterocycles. The summed E-state index contributed by atoms with van der Waals surface area (Å²) >= 11 is 6.23. The van der Waals surface area contributed by atoms with E-state index < -0.39 is 0 Å². The number of rotatable bonds is 5. The van der Waals surface area contributed by atoms with Crippen LogP contribution in [0.4, 0.5) is 0 Å². The Hall–Kier alpha value is -2.26. The monoisotopic (exact) mass is 355 g/mol. The van der Waals surface area contributed by atoms with Gasteiger partial charge in [-0.25, -0.2) is 0 Å². The molecular weight excluding hydrogens is 334 g/mol. The number of benzene rings is 2. The van der Waals surface area contributed by atoms with E-state index in [2.05, 4.69) is 11.9 Å². The lowest BCUT2D eigenvalue weighted by Crippen LogP contribution is -2.14. The van der Waals surface area contributed by atoms with Crippen LogP contribution < -0.4 is 4.74 Å². The Labute approximate surface area is 153 Å². The van der Waals surface area contributed by atoms with Crippen molar-refractivity contribution in [3.63, 3.8) is 0 Å². The molecule has 0 aliphatic carbocycles. The SMILES string of the molecule is CCCc1c(O)c(OC)cc2c1CCN=C2C=Cc1ccccc1Cl. The van der Waals surface area contributed by atoms with Gasteiger partial charge in [0.1, 0.15) is 0 Å². The second kappa shape index (κ2) is 7.75. The van der Waals surface area contributed by atoms with Crippen LogP contribution in [-0.2, 0) is 12.8 Å². The molecule has 4 heteroatoms. The lowest BCUT2D eigenvalue weighted by Gasteiger charge is -2.21. The van der Waals surface area contributed by atoms with Crippen LogP contribution in [-0.4, -0.2) is 24.5 Å². The van der Waals surface area contributed by atoms with Gasteiger partial charge in [-0.1, -0.05) is 49.2 Å². The molecule has 0 aromatic heterocycles. The van der Waals surface area contributed by atoms with Gasteiger partial charge in [-0.2, -0.15) is 0 Å². The van der Waals surface area contributed by atoms with E-state index in [1.54, 1.807) is 7.11 Å². The standard InChI is InChI=1S/C21H22ClNO2/c1-3-6-16-15-11-12-23-19(17(15)13-20(25-2)21(16)24)10-9-14-7-4-5-8-18(14)22/h4-5,7-10,13,24H,3,6,11-12H2,1-2H3. The van der Waals surface area contributed by atoms with Crippen LogP contribution in [0.15, 0.2) is 41.4 Å². The third-order valence-electron chi connectivity index (χ3n) is 4.45.